The summed E-state index contributed by atoms with van der Waals surface area (Å²) in [5.41, 5.74) is 0.703. The molecule has 27 heavy (non-hydrogen) atoms. The number of aromatic nitrogens is 2. The number of nitrogens with zero attached hydrogens (tertiary/aromatic N) is 2. The van der Waals surface area contributed by atoms with Crippen molar-refractivity contribution in [3.8, 4) is 0 Å². The number of carbonyl (C=O) groups is 1. The third-order valence-electron chi connectivity index (χ3n) is 5.35. The van der Waals surface area contributed by atoms with Gasteiger partial charge in [-0.2, -0.15) is 0 Å². The quantitative estimate of drug-likeness (QED) is 0.609. The van der Waals surface area contributed by atoms with Gasteiger partial charge in [0.05, 0.1) is 22.8 Å². The average Bonchev–Trinajstić information content (AvgIpc) is 3.39. The summed E-state index contributed by atoms with van der Waals surface area (Å²) in [7, 11) is 0. The second-order valence-electron chi connectivity index (χ2n) is 7.25. The van der Waals surface area contributed by atoms with Crippen LogP contribution in [-0.4, -0.2) is 40.5 Å². The third kappa shape index (κ3) is 4.19. The molecule has 1 aromatic heterocycles. The van der Waals surface area contributed by atoms with Crippen molar-refractivity contribution in [1.82, 2.24) is 14.9 Å². The summed E-state index contributed by atoms with van der Waals surface area (Å²) in [6, 6.07) is 7.63. The van der Waals surface area contributed by atoms with E-state index in [1.165, 1.54) is 11.8 Å². The van der Waals surface area contributed by atoms with Crippen LogP contribution in [0.1, 0.15) is 44.6 Å². The van der Waals surface area contributed by atoms with Crippen LogP contribution in [0.2, 0.25) is 0 Å². The van der Waals surface area contributed by atoms with Gasteiger partial charge in [-0.05, 0) is 37.8 Å². The predicted octanol–water partition coefficient (Wildman–Crippen LogP) is 2.90. The largest absolute Gasteiger partial charge is 0.376 e. The van der Waals surface area contributed by atoms with Gasteiger partial charge in [-0.15, -0.1) is 0 Å². The summed E-state index contributed by atoms with van der Waals surface area (Å²) in [6.45, 7) is 1.34. The Morgan fingerprint density at radius 1 is 1.22 bits per heavy atom. The van der Waals surface area contributed by atoms with Crippen LogP contribution in [0, 0.1) is 0 Å². The van der Waals surface area contributed by atoms with Gasteiger partial charge in [-0.25, -0.2) is 4.98 Å². The van der Waals surface area contributed by atoms with Gasteiger partial charge < -0.3 is 10.1 Å². The minimum absolute atomic E-state index is 0.00904. The Hall–Kier alpha value is -1.86. The van der Waals surface area contributed by atoms with E-state index in [2.05, 4.69) is 5.32 Å². The molecule has 0 radical (unpaired) electrons. The molecule has 7 heteroatoms. The van der Waals surface area contributed by atoms with Crippen molar-refractivity contribution in [3.05, 3.63) is 34.6 Å². The molecule has 2 aliphatic rings. The first-order chi connectivity index (χ1) is 13.2. The van der Waals surface area contributed by atoms with E-state index >= 15 is 0 Å². The fourth-order valence-electron chi connectivity index (χ4n) is 3.93. The number of amides is 1. The highest BCUT2D eigenvalue weighted by Gasteiger charge is 2.23. The molecule has 2 heterocycles. The predicted molar refractivity (Wildman–Crippen MR) is 106 cm³/mol. The highest BCUT2D eigenvalue weighted by atomic mass is 32.2. The Bertz CT molecular complexity index is 870. The Kier molecular flexibility index (Phi) is 5.78. The number of rotatable bonds is 6. The van der Waals surface area contributed by atoms with Gasteiger partial charge in [0.1, 0.15) is 0 Å². The van der Waals surface area contributed by atoms with Crippen molar-refractivity contribution in [2.45, 2.75) is 55.8 Å². The molecule has 1 unspecified atom stereocenters. The maximum atomic E-state index is 13.1. The lowest BCUT2D eigenvalue weighted by Gasteiger charge is -2.18. The molecular formula is C20H25N3O3S. The molecule has 1 aliphatic carbocycles. The van der Waals surface area contributed by atoms with E-state index in [1.807, 2.05) is 28.8 Å². The number of benzene rings is 1. The maximum absolute atomic E-state index is 13.1. The van der Waals surface area contributed by atoms with Gasteiger partial charge >= 0.3 is 0 Å². The molecule has 2 fully saturated rings. The summed E-state index contributed by atoms with van der Waals surface area (Å²) in [5.74, 6) is 0.209. The van der Waals surface area contributed by atoms with Crippen LogP contribution >= 0.6 is 11.8 Å². The molecule has 1 atom stereocenters. The summed E-state index contributed by atoms with van der Waals surface area (Å²) in [5, 5.41) is 4.24. The number of hydrogen-bond donors (Lipinski definition) is 1. The summed E-state index contributed by atoms with van der Waals surface area (Å²) >= 11 is 1.35. The van der Waals surface area contributed by atoms with Gasteiger partial charge in [0.25, 0.3) is 5.56 Å². The number of thioether (sulfide) groups is 1. The van der Waals surface area contributed by atoms with Crippen LogP contribution < -0.4 is 10.9 Å². The Morgan fingerprint density at radius 3 is 2.81 bits per heavy atom. The smallest absolute Gasteiger partial charge is 0.262 e. The molecule has 144 valence electrons. The molecule has 1 saturated carbocycles. The topological polar surface area (TPSA) is 73.2 Å². The highest BCUT2D eigenvalue weighted by molar-refractivity contribution is 7.99. The number of ether oxygens (including phenoxy) is 1. The van der Waals surface area contributed by atoms with Crippen molar-refractivity contribution < 1.29 is 9.53 Å². The number of para-hydroxylation sites is 1. The van der Waals surface area contributed by atoms with Crippen LogP contribution in [0.25, 0.3) is 10.9 Å². The van der Waals surface area contributed by atoms with Crippen molar-refractivity contribution in [2.24, 2.45) is 0 Å². The summed E-state index contributed by atoms with van der Waals surface area (Å²) < 4.78 is 7.36. The Labute approximate surface area is 162 Å². The van der Waals surface area contributed by atoms with Crippen LogP contribution in [0.4, 0.5) is 0 Å². The zero-order chi connectivity index (χ0) is 18.6. The maximum Gasteiger partial charge on any atom is 0.262 e. The van der Waals surface area contributed by atoms with Crippen molar-refractivity contribution in [1.29, 1.82) is 0 Å². The zero-order valence-electron chi connectivity index (χ0n) is 15.4. The van der Waals surface area contributed by atoms with Gasteiger partial charge in [0.15, 0.2) is 5.16 Å². The molecule has 4 rings (SSSR count). The minimum atomic E-state index is -0.0455. The minimum Gasteiger partial charge on any atom is -0.376 e. The lowest BCUT2D eigenvalue weighted by atomic mass is 10.2. The fourth-order valence-corrected chi connectivity index (χ4v) is 4.82. The molecule has 1 aliphatic heterocycles. The van der Waals surface area contributed by atoms with Crippen LogP contribution in [0.5, 0.6) is 0 Å². The molecule has 6 nitrogen and oxygen atoms in total. The SMILES string of the molecule is O=C(CSc1nc2ccccc2c(=O)n1C1CCCC1)NCC1CCCO1. The second-order valence-corrected chi connectivity index (χ2v) is 8.20. The van der Waals surface area contributed by atoms with Crippen molar-refractivity contribution in [2.75, 3.05) is 18.9 Å². The summed E-state index contributed by atoms with van der Waals surface area (Å²) in [4.78, 5) is 30.0. The van der Waals surface area contributed by atoms with Gasteiger partial charge in [-0.3, -0.25) is 14.2 Å². The molecular weight excluding hydrogens is 362 g/mol. The molecule has 0 bridgehead atoms. The van der Waals surface area contributed by atoms with Crippen molar-refractivity contribution >= 4 is 28.6 Å². The van der Waals surface area contributed by atoms with E-state index in [0.29, 0.717) is 22.6 Å². The van der Waals surface area contributed by atoms with Crippen LogP contribution in [-0.2, 0) is 9.53 Å². The first-order valence-electron chi connectivity index (χ1n) is 9.75. The lowest BCUT2D eigenvalue weighted by molar-refractivity contribution is -0.119. The van der Waals surface area contributed by atoms with Gasteiger partial charge in [0, 0.05) is 19.2 Å². The third-order valence-corrected chi connectivity index (χ3v) is 6.30. The first kappa shape index (κ1) is 18.5. The van der Waals surface area contributed by atoms with Crippen molar-refractivity contribution in [3.63, 3.8) is 0 Å². The second kappa shape index (κ2) is 8.44. The number of carbonyl (C=O) groups excluding carboxylic acids is 1. The molecule has 1 saturated heterocycles. The molecule has 1 N–H and O–H groups in total. The number of fused-ring (bicyclic) bond motifs is 1. The van der Waals surface area contributed by atoms with Gasteiger partial charge in [-0.1, -0.05) is 36.7 Å². The highest BCUT2D eigenvalue weighted by Crippen LogP contribution is 2.32. The Morgan fingerprint density at radius 2 is 2.04 bits per heavy atom. The van der Waals surface area contributed by atoms with E-state index in [0.717, 1.165) is 45.1 Å². The summed E-state index contributed by atoms with van der Waals surface area (Å²) in [6.07, 6.45) is 6.46. The average molecular weight is 388 g/mol. The molecule has 0 spiro atoms. The normalized spacial score (nSPS) is 20.4. The Balaban J connectivity index is 1.51. The molecule has 2 aromatic rings. The zero-order valence-corrected chi connectivity index (χ0v) is 16.2. The first-order valence-corrected chi connectivity index (χ1v) is 10.7. The number of nitrogens with one attached hydrogen (secondary N) is 1. The van der Waals surface area contributed by atoms with E-state index < -0.39 is 0 Å². The lowest BCUT2D eigenvalue weighted by Crippen LogP contribution is -2.33. The van der Waals surface area contributed by atoms with E-state index in [9.17, 15) is 9.59 Å². The standard InChI is InChI=1S/C20H25N3O3S/c24-18(21-12-15-8-5-11-26-15)13-27-20-22-17-10-4-3-9-16(17)19(25)23(20)14-6-1-2-7-14/h3-4,9-10,14-15H,1-2,5-8,11-13H2,(H,21,24). The van der Waals surface area contributed by atoms with Gasteiger partial charge in [0.2, 0.25) is 5.91 Å². The molecule has 1 amide bonds. The van der Waals surface area contributed by atoms with E-state index in [1.54, 1.807) is 0 Å². The van der Waals surface area contributed by atoms with Crippen LogP contribution in [0.3, 0.4) is 0 Å². The van der Waals surface area contributed by atoms with E-state index in [4.69, 9.17) is 9.72 Å². The fraction of sp³-hybridized carbons (Fsp3) is 0.550. The van der Waals surface area contributed by atoms with E-state index in [-0.39, 0.29) is 29.4 Å². The molecule has 1 aromatic carbocycles. The monoisotopic (exact) mass is 387 g/mol. The number of hydrogen-bond acceptors (Lipinski definition) is 5. The van der Waals surface area contributed by atoms with Crippen LogP contribution in [0.15, 0.2) is 34.2 Å².